The summed E-state index contributed by atoms with van der Waals surface area (Å²) in [6.45, 7) is 5.54. The minimum atomic E-state index is 0.735. The van der Waals surface area contributed by atoms with E-state index < -0.39 is 0 Å². The fourth-order valence-electron chi connectivity index (χ4n) is 1.31. The molecule has 0 radical (unpaired) electrons. The number of nitrogens with zero attached hydrogens (tertiary/aromatic N) is 1. The first-order chi connectivity index (χ1) is 7.13. The molecule has 0 aliphatic carbocycles. The quantitative estimate of drug-likeness (QED) is 0.796. The first-order valence-corrected chi connectivity index (χ1v) is 5.64. The van der Waals surface area contributed by atoms with E-state index in [9.17, 15) is 0 Å². The molecular formula is C13H22N2. The van der Waals surface area contributed by atoms with Crippen LogP contribution in [-0.2, 0) is 0 Å². The molecule has 0 unspecified atom stereocenters. The van der Waals surface area contributed by atoms with Gasteiger partial charge in [0.15, 0.2) is 0 Å². The van der Waals surface area contributed by atoms with Crippen molar-refractivity contribution in [3.8, 4) is 0 Å². The molecule has 0 amide bonds. The first-order valence-electron chi connectivity index (χ1n) is 5.64. The number of benzene rings is 1. The molecule has 0 saturated heterocycles. The van der Waals surface area contributed by atoms with E-state index in [2.05, 4.69) is 62.4 Å². The van der Waals surface area contributed by atoms with Gasteiger partial charge in [0.25, 0.3) is 0 Å². The van der Waals surface area contributed by atoms with Crippen molar-refractivity contribution in [3.63, 3.8) is 0 Å². The summed E-state index contributed by atoms with van der Waals surface area (Å²) in [5.74, 6) is 0.735. The van der Waals surface area contributed by atoms with Gasteiger partial charge in [0.2, 0.25) is 0 Å². The number of hydrogen-bond acceptors (Lipinski definition) is 2. The largest absolute Gasteiger partial charge is 0.385 e. The van der Waals surface area contributed by atoms with Crippen LogP contribution in [-0.4, -0.2) is 20.6 Å². The molecule has 1 aromatic carbocycles. The lowest BCUT2D eigenvalue weighted by Gasteiger charge is -2.14. The summed E-state index contributed by atoms with van der Waals surface area (Å²) < 4.78 is 0. The third-order valence-electron chi connectivity index (χ3n) is 2.74. The molecule has 0 aromatic heterocycles. The zero-order valence-electron chi connectivity index (χ0n) is 10.2. The Kier molecular flexibility index (Phi) is 4.47. The lowest BCUT2D eigenvalue weighted by Crippen LogP contribution is -2.11. The van der Waals surface area contributed by atoms with Crippen molar-refractivity contribution < 1.29 is 0 Å². The van der Waals surface area contributed by atoms with Gasteiger partial charge in [-0.1, -0.05) is 20.3 Å². The molecule has 0 saturated carbocycles. The smallest absolute Gasteiger partial charge is 0.0362 e. The minimum absolute atomic E-state index is 0.735. The lowest BCUT2D eigenvalue weighted by molar-refractivity contribution is 0.593. The van der Waals surface area contributed by atoms with E-state index in [0.29, 0.717) is 0 Å². The second-order valence-corrected chi connectivity index (χ2v) is 4.34. The van der Waals surface area contributed by atoms with E-state index in [1.165, 1.54) is 17.8 Å². The fourth-order valence-corrected chi connectivity index (χ4v) is 1.31. The van der Waals surface area contributed by atoms with Crippen LogP contribution in [0.3, 0.4) is 0 Å². The van der Waals surface area contributed by atoms with Gasteiger partial charge in [0, 0.05) is 32.0 Å². The van der Waals surface area contributed by atoms with Gasteiger partial charge in [0.1, 0.15) is 0 Å². The van der Waals surface area contributed by atoms with Gasteiger partial charge < -0.3 is 10.2 Å². The maximum absolute atomic E-state index is 3.44. The second kappa shape index (κ2) is 5.64. The molecule has 0 aliphatic rings. The van der Waals surface area contributed by atoms with Crippen molar-refractivity contribution >= 4 is 11.4 Å². The van der Waals surface area contributed by atoms with E-state index in [1.807, 2.05) is 0 Å². The molecule has 1 atom stereocenters. The standard InChI is InChI=1S/C13H22N2/c1-5-11(2)10-14-12-6-8-13(9-7-12)15(3)4/h6-9,11,14H,5,10H2,1-4H3/t11-/m0/s1. The molecule has 15 heavy (non-hydrogen) atoms. The lowest BCUT2D eigenvalue weighted by atomic mass is 10.1. The van der Waals surface area contributed by atoms with E-state index in [4.69, 9.17) is 0 Å². The number of anilines is 2. The topological polar surface area (TPSA) is 15.3 Å². The van der Waals surface area contributed by atoms with Gasteiger partial charge in [-0.15, -0.1) is 0 Å². The molecule has 84 valence electrons. The molecule has 0 spiro atoms. The Bertz CT molecular complexity index is 277. The Balaban J connectivity index is 2.50. The Morgan fingerprint density at radius 1 is 1.20 bits per heavy atom. The highest BCUT2D eigenvalue weighted by Gasteiger charge is 1.99. The van der Waals surface area contributed by atoms with E-state index in [0.717, 1.165) is 12.5 Å². The number of rotatable bonds is 5. The van der Waals surface area contributed by atoms with Crippen LogP contribution in [0.2, 0.25) is 0 Å². The van der Waals surface area contributed by atoms with Gasteiger partial charge in [-0.3, -0.25) is 0 Å². The molecule has 0 heterocycles. The van der Waals surface area contributed by atoms with Crippen LogP contribution in [0, 0.1) is 5.92 Å². The molecule has 1 aromatic rings. The zero-order valence-corrected chi connectivity index (χ0v) is 10.2. The molecule has 2 heteroatoms. The Hall–Kier alpha value is -1.18. The van der Waals surface area contributed by atoms with E-state index in [-0.39, 0.29) is 0 Å². The van der Waals surface area contributed by atoms with Gasteiger partial charge in [-0.25, -0.2) is 0 Å². The van der Waals surface area contributed by atoms with Crippen LogP contribution in [0.4, 0.5) is 11.4 Å². The van der Waals surface area contributed by atoms with Crippen LogP contribution in [0.25, 0.3) is 0 Å². The first kappa shape index (κ1) is 11.9. The maximum atomic E-state index is 3.44. The van der Waals surface area contributed by atoms with Gasteiger partial charge in [0.05, 0.1) is 0 Å². The van der Waals surface area contributed by atoms with Crippen LogP contribution in [0.5, 0.6) is 0 Å². The monoisotopic (exact) mass is 206 g/mol. The molecule has 1 rings (SSSR count). The van der Waals surface area contributed by atoms with Crippen LogP contribution in [0.1, 0.15) is 20.3 Å². The van der Waals surface area contributed by atoms with Gasteiger partial charge in [-0.05, 0) is 30.2 Å². The average Bonchev–Trinajstić information content (AvgIpc) is 2.26. The predicted molar refractivity (Wildman–Crippen MR) is 68.7 cm³/mol. The van der Waals surface area contributed by atoms with Crippen molar-refractivity contribution in [2.45, 2.75) is 20.3 Å². The Labute approximate surface area is 93.3 Å². The van der Waals surface area contributed by atoms with Crippen molar-refractivity contribution in [2.75, 3.05) is 30.9 Å². The van der Waals surface area contributed by atoms with Crippen LogP contribution in [0.15, 0.2) is 24.3 Å². The minimum Gasteiger partial charge on any atom is -0.385 e. The number of nitrogens with one attached hydrogen (secondary N) is 1. The maximum Gasteiger partial charge on any atom is 0.0362 e. The van der Waals surface area contributed by atoms with Crippen molar-refractivity contribution in [1.29, 1.82) is 0 Å². The summed E-state index contributed by atoms with van der Waals surface area (Å²) in [7, 11) is 4.11. The highest BCUT2D eigenvalue weighted by atomic mass is 15.1. The zero-order chi connectivity index (χ0) is 11.3. The van der Waals surface area contributed by atoms with Crippen molar-refractivity contribution in [1.82, 2.24) is 0 Å². The molecular weight excluding hydrogens is 184 g/mol. The second-order valence-electron chi connectivity index (χ2n) is 4.34. The summed E-state index contributed by atoms with van der Waals surface area (Å²) in [5, 5.41) is 3.44. The third-order valence-corrected chi connectivity index (χ3v) is 2.74. The Morgan fingerprint density at radius 2 is 1.80 bits per heavy atom. The summed E-state index contributed by atoms with van der Waals surface area (Å²) in [4.78, 5) is 2.11. The van der Waals surface area contributed by atoms with Gasteiger partial charge in [-0.2, -0.15) is 0 Å². The molecule has 2 nitrogen and oxygen atoms in total. The van der Waals surface area contributed by atoms with Crippen LogP contribution >= 0.6 is 0 Å². The summed E-state index contributed by atoms with van der Waals surface area (Å²) >= 11 is 0. The molecule has 0 aliphatic heterocycles. The van der Waals surface area contributed by atoms with E-state index >= 15 is 0 Å². The molecule has 1 N–H and O–H groups in total. The fraction of sp³-hybridized carbons (Fsp3) is 0.538. The highest BCUT2D eigenvalue weighted by molar-refractivity contribution is 5.54. The normalized spacial score (nSPS) is 12.3. The predicted octanol–water partition coefficient (Wildman–Crippen LogP) is 3.21. The van der Waals surface area contributed by atoms with Gasteiger partial charge >= 0.3 is 0 Å². The SMILES string of the molecule is CC[C@H](C)CNc1ccc(N(C)C)cc1. The summed E-state index contributed by atoms with van der Waals surface area (Å²) in [6, 6.07) is 8.55. The number of hydrogen-bond donors (Lipinski definition) is 1. The molecule has 0 fully saturated rings. The Morgan fingerprint density at radius 3 is 2.27 bits per heavy atom. The third kappa shape index (κ3) is 3.82. The summed E-state index contributed by atoms with van der Waals surface area (Å²) in [5.41, 5.74) is 2.45. The van der Waals surface area contributed by atoms with Crippen LogP contribution < -0.4 is 10.2 Å². The van der Waals surface area contributed by atoms with Crippen molar-refractivity contribution in [3.05, 3.63) is 24.3 Å². The van der Waals surface area contributed by atoms with Crippen molar-refractivity contribution in [2.24, 2.45) is 5.92 Å². The van der Waals surface area contributed by atoms with E-state index in [1.54, 1.807) is 0 Å². The summed E-state index contributed by atoms with van der Waals surface area (Å²) in [6.07, 6.45) is 1.22. The molecule has 0 bridgehead atoms. The average molecular weight is 206 g/mol. The highest BCUT2D eigenvalue weighted by Crippen LogP contribution is 2.16.